The van der Waals surface area contributed by atoms with Crippen molar-refractivity contribution < 1.29 is 23.9 Å². The summed E-state index contributed by atoms with van der Waals surface area (Å²) < 4.78 is 9.53. The predicted octanol–water partition coefficient (Wildman–Crippen LogP) is 2.20. The summed E-state index contributed by atoms with van der Waals surface area (Å²) in [5.41, 5.74) is 0.181. The highest BCUT2D eigenvalue weighted by molar-refractivity contribution is 7.98. The quantitative estimate of drug-likeness (QED) is 0.623. The number of carbonyl (C=O) groups excluding carboxylic acids is 3. The van der Waals surface area contributed by atoms with Crippen molar-refractivity contribution in [3.63, 3.8) is 0 Å². The van der Waals surface area contributed by atoms with Crippen LogP contribution in [0.5, 0.6) is 0 Å². The molecule has 1 fully saturated rings. The fourth-order valence-corrected chi connectivity index (χ4v) is 2.33. The third kappa shape index (κ3) is 3.68. The Hall–Kier alpha value is -1.73. The first-order valence-corrected chi connectivity index (χ1v) is 7.61. The van der Waals surface area contributed by atoms with Crippen LogP contribution in [0.1, 0.15) is 10.4 Å². The number of benzene rings is 1. The second-order valence-corrected chi connectivity index (χ2v) is 5.37. The summed E-state index contributed by atoms with van der Waals surface area (Å²) in [5.74, 6) is -1.33. The van der Waals surface area contributed by atoms with Crippen molar-refractivity contribution in [3.8, 4) is 0 Å². The van der Waals surface area contributed by atoms with E-state index >= 15 is 0 Å². The van der Waals surface area contributed by atoms with Crippen LogP contribution < -0.4 is 0 Å². The molecule has 8 heteroatoms. The van der Waals surface area contributed by atoms with Crippen LogP contribution in [0.4, 0.5) is 4.79 Å². The number of amides is 2. The topological polar surface area (TPSA) is 72.9 Å². The Morgan fingerprint density at radius 2 is 2.24 bits per heavy atom. The van der Waals surface area contributed by atoms with Gasteiger partial charge in [-0.05, 0) is 24.5 Å². The van der Waals surface area contributed by atoms with Crippen molar-refractivity contribution in [2.45, 2.75) is 4.90 Å². The second-order valence-electron chi connectivity index (χ2n) is 4.08. The van der Waals surface area contributed by atoms with Gasteiger partial charge in [0.1, 0.15) is 6.61 Å². The van der Waals surface area contributed by atoms with Gasteiger partial charge in [0.15, 0.2) is 6.61 Å². The number of rotatable bonds is 4. The maximum atomic E-state index is 11.9. The Morgan fingerprint density at radius 3 is 2.86 bits per heavy atom. The van der Waals surface area contributed by atoms with Gasteiger partial charge < -0.3 is 9.47 Å². The molecule has 2 rings (SSSR count). The molecule has 0 N–H and O–H groups in total. The summed E-state index contributed by atoms with van der Waals surface area (Å²) >= 11 is 7.39. The minimum absolute atomic E-state index is 0.153. The highest BCUT2D eigenvalue weighted by Gasteiger charge is 2.29. The summed E-state index contributed by atoms with van der Waals surface area (Å²) in [5, 5.41) is 0.242. The third-order valence-corrected chi connectivity index (χ3v) is 3.84. The largest absolute Gasteiger partial charge is 0.452 e. The van der Waals surface area contributed by atoms with Crippen molar-refractivity contribution in [2.75, 3.05) is 26.0 Å². The summed E-state index contributed by atoms with van der Waals surface area (Å²) in [6.45, 7) is -0.216. The van der Waals surface area contributed by atoms with Crippen molar-refractivity contribution in [2.24, 2.45) is 0 Å². The number of nitrogens with zero attached hydrogens (tertiary/aromatic N) is 1. The van der Waals surface area contributed by atoms with E-state index in [-0.39, 0.29) is 23.7 Å². The molecule has 21 heavy (non-hydrogen) atoms. The summed E-state index contributed by atoms with van der Waals surface area (Å²) in [7, 11) is 0. The number of hydrogen-bond acceptors (Lipinski definition) is 6. The van der Waals surface area contributed by atoms with E-state index < -0.39 is 24.6 Å². The lowest BCUT2D eigenvalue weighted by Crippen LogP contribution is -2.35. The van der Waals surface area contributed by atoms with Crippen molar-refractivity contribution >= 4 is 41.3 Å². The number of thioether (sulfide) groups is 1. The molecule has 0 bridgehead atoms. The SMILES string of the molecule is CSc1ccc(Cl)c(C(=O)OCC(=O)N2CCOC2=O)c1. The van der Waals surface area contributed by atoms with Gasteiger partial charge in [-0.25, -0.2) is 14.5 Å². The molecule has 6 nitrogen and oxygen atoms in total. The van der Waals surface area contributed by atoms with Crippen LogP contribution in [0.2, 0.25) is 5.02 Å². The first-order chi connectivity index (χ1) is 10.0. The molecule has 1 saturated heterocycles. The van der Waals surface area contributed by atoms with E-state index in [4.69, 9.17) is 16.3 Å². The smallest absolute Gasteiger partial charge is 0.416 e. The molecule has 0 aliphatic carbocycles. The van der Waals surface area contributed by atoms with Gasteiger partial charge in [0.05, 0.1) is 17.1 Å². The molecule has 1 aromatic carbocycles. The maximum Gasteiger partial charge on any atom is 0.416 e. The van der Waals surface area contributed by atoms with Gasteiger partial charge in [-0.1, -0.05) is 11.6 Å². The minimum atomic E-state index is -0.724. The zero-order valence-electron chi connectivity index (χ0n) is 11.1. The molecule has 1 aliphatic rings. The molecule has 0 radical (unpaired) electrons. The summed E-state index contributed by atoms with van der Waals surface area (Å²) in [4.78, 5) is 36.6. The summed E-state index contributed by atoms with van der Waals surface area (Å²) in [6, 6.07) is 4.95. The fourth-order valence-electron chi connectivity index (χ4n) is 1.69. The molecule has 2 amide bonds. The highest BCUT2D eigenvalue weighted by Crippen LogP contribution is 2.23. The molecular formula is C13H12ClNO5S. The zero-order chi connectivity index (χ0) is 15.4. The maximum absolute atomic E-state index is 11.9. The molecule has 0 aromatic heterocycles. The number of cyclic esters (lactones) is 1. The molecule has 0 saturated carbocycles. The summed E-state index contributed by atoms with van der Waals surface area (Å²) in [6.07, 6.45) is 1.14. The first-order valence-electron chi connectivity index (χ1n) is 6.00. The average Bonchev–Trinajstić information content (AvgIpc) is 2.91. The Bertz CT molecular complexity index is 592. The Morgan fingerprint density at radius 1 is 1.48 bits per heavy atom. The van der Waals surface area contributed by atoms with E-state index in [1.807, 2.05) is 6.26 Å². The average molecular weight is 330 g/mol. The van der Waals surface area contributed by atoms with Crippen LogP contribution in [0.15, 0.2) is 23.1 Å². The van der Waals surface area contributed by atoms with Crippen LogP contribution >= 0.6 is 23.4 Å². The van der Waals surface area contributed by atoms with Crippen molar-refractivity contribution in [1.29, 1.82) is 0 Å². The molecule has 0 spiro atoms. The molecule has 1 aliphatic heterocycles. The fraction of sp³-hybridized carbons (Fsp3) is 0.308. The monoisotopic (exact) mass is 329 g/mol. The van der Waals surface area contributed by atoms with E-state index in [9.17, 15) is 14.4 Å². The lowest BCUT2D eigenvalue weighted by molar-refractivity contribution is -0.131. The van der Waals surface area contributed by atoms with Gasteiger partial charge >= 0.3 is 12.1 Å². The van der Waals surface area contributed by atoms with E-state index in [2.05, 4.69) is 4.74 Å². The molecule has 112 valence electrons. The lowest BCUT2D eigenvalue weighted by Gasteiger charge is -2.11. The Labute approximate surface area is 130 Å². The number of imide groups is 1. The Kier molecular flexibility index (Phi) is 5.08. The first kappa shape index (κ1) is 15.7. The predicted molar refractivity (Wildman–Crippen MR) is 76.6 cm³/mol. The zero-order valence-corrected chi connectivity index (χ0v) is 12.7. The van der Waals surface area contributed by atoms with Gasteiger partial charge in [0.25, 0.3) is 5.91 Å². The van der Waals surface area contributed by atoms with Gasteiger partial charge in [-0.2, -0.15) is 0 Å². The van der Waals surface area contributed by atoms with Gasteiger partial charge in [-0.15, -0.1) is 11.8 Å². The van der Waals surface area contributed by atoms with Crippen LogP contribution in [0.3, 0.4) is 0 Å². The van der Waals surface area contributed by atoms with Crippen LogP contribution in [0, 0.1) is 0 Å². The number of esters is 1. The van der Waals surface area contributed by atoms with E-state index in [1.165, 1.54) is 11.8 Å². The van der Waals surface area contributed by atoms with E-state index in [0.717, 1.165) is 9.80 Å². The van der Waals surface area contributed by atoms with E-state index in [1.54, 1.807) is 18.2 Å². The van der Waals surface area contributed by atoms with Gasteiger partial charge in [-0.3, -0.25) is 4.79 Å². The number of ether oxygens (including phenoxy) is 2. The van der Waals surface area contributed by atoms with Crippen molar-refractivity contribution in [3.05, 3.63) is 28.8 Å². The van der Waals surface area contributed by atoms with Crippen LogP contribution in [0.25, 0.3) is 0 Å². The number of hydrogen-bond donors (Lipinski definition) is 0. The number of halogens is 1. The van der Waals surface area contributed by atoms with Crippen molar-refractivity contribution in [1.82, 2.24) is 4.90 Å². The normalized spacial score (nSPS) is 14.0. The number of carbonyl (C=O) groups is 3. The molecule has 0 atom stereocenters. The molecule has 0 unspecified atom stereocenters. The standard InChI is InChI=1S/C13H12ClNO5S/c1-21-8-2-3-10(14)9(6-8)12(17)20-7-11(16)15-4-5-19-13(15)18/h2-3,6H,4-5,7H2,1H3. The molecular weight excluding hydrogens is 318 g/mol. The van der Waals surface area contributed by atoms with Gasteiger partial charge in [0, 0.05) is 4.90 Å². The van der Waals surface area contributed by atoms with Gasteiger partial charge in [0.2, 0.25) is 0 Å². The molecule has 1 heterocycles. The Balaban J connectivity index is 1.98. The second kappa shape index (κ2) is 6.82. The third-order valence-electron chi connectivity index (χ3n) is 2.78. The van der Waals surface area contributed by atoms with Crippen LogP contribution in [-0.4, -0.2) is 48.9 Å². The van der Waals surface area contributed by atoms with E-state index in [0.29, 0.717) is 0 Å². The minimum Gasteiger partial charge on any atom is -0.452 e. The molecule has 1 aromatic rings. The van der Waals surface area contributed by atoms with Crippen LogP contribution in [-0.2, 0) is 14.3 Å². The lowest BCUT2D eigenvalue weighted by atomic mass is 10.2. The highest BCUT2D eigenvalue weighted by atomic mass is 35.5.